The van der Waals surface area contributed by atoms with Gasteiger partial charge in [0.2, 0.25) is 0 Å². The van der Waals surface area contributed by atoms with Crippen LogP contribution in [0.3, 0.4) is 0 Å². The van der Waals surface area contributed by atoms with Gasteiger partial charge in [0, 0.05) is 67.3 Å². The molecule has 14 aromatic rings. The van der Waals surface area contributed by atoms with Crippen LogP contribution >= 0.6 is 0 Å². The summed E-state index contributed by atoms with van der Waals surface area (Å²) in [5.74, 6) is 0. The first kappa shape index (κ1) is 50.9. The van der Waals surface area contributed by atoms with E-state index in [-0.39, 0.29) is 10.9 Å². The lowest BCUT2D eigenvalue weighted by atomic mass is 10.0. The van der Waals surface area contributed by atoms with E-state index in [4.69, 9.17) is 0 Å². The summed E-state index contributed by atoms with van der Waals surface area (Å²) in [5.41, 5.74) is 14.3. The molecule has 0 saturated carbocycles. The topological polar surface area (TPSA) is 53.9 Å². The number of allylic oxidation sites excluding steroid dienone is 1. The van der Waals surface area contributed by atoms with Gasteiger partial charge in [-0.15, -0.1) is 0 Å². The predicted molar refractivity (Wildman–Crippen MR) is 352 cm³/mol. The fourth-order valence-corrected chi connectivity index (χ4v) is 13.6. The van der Waals surface area contributed by atoms with E-state index in [0.29, 0.717) is 16.2 Å². The minimum absolute atomic E-state index is 0.0176. The molecule has 0 amide bonds. The Morgan fingerprint density at radius 3 is 1.34 bits per heavy atom. The molecule has 0 aliphatic heterocycles. The fourth-order valence-electron chi connectivity index (χ4n) is 13.6. The van der Waals surface area contributed by atoms with Crippen LogP contribution in [0.15, 0.2) is 198 Å². The highest BCUT2D eigenvalue weighted by atomic mass is 16.1. The number of nitrogens with zero attached hydrogens (tertiary/aromatic N) is 4. The number of rotatable bonds is 15. The molecule has 14 rings (SSSR count). The highest BCUT2D eigenvalue weighted by Gasteiger charge is 2.23. The molecular weight excluding hydrogens is 1000 g/mol. The Kier molecular flexibility index (Phi) is 13.0. The third kappa shape index (κ3) is 8.37. The zero-order chi connectivity index (χ0) is 55.6. The minimum atomic E-state index is -0.0176. The number of aromatic nitrogens is 4. The third-order valence-corrected chi connectivity index (χ3v) is 17.5. The molecule has 0 radical (unpaired) electrons. The zero-order valence-corrected chi connectivity index (χ0v) is 47.3. The van der Waals surface area contributed by atoms with Gasteiger partial charge in [0.25, 0.3) is 0 Å². The molecule has 10 aromatic carbocycles. The molecule has 0 aliphatic rings. The van der Waals surface area contributed by atoms with Crippen LogP contribution in [0.5, 0.6) is 0 Å². The molecule has 0 bridgehead atoms. The summed E-state index contributed by atoms with van der Waals surface area (Å²) in [6.07, 6.45) is 17.6. The molecule has 402 valence electrons. The number of fused-ring (bicyclic) bond motifs is 14. The van der Waals surface area contributed by atoms with Crippen molar-refractivity contribution < 1.29 is 0 Å². The fraction of sp³-hybridized carbons (Fsp3) is 0.184. The molecule has 0 fully saturated rings. The summed E-state index contributed by atoms with van der Waals surface area (Å²) in [7, 11) is 0. The van der Waals surface area contributed by atoms with Gasteiger partial charge in [-0.05, 0) is 127 Å². The Morgan fingerprint density at radius 1 is 0.366 bits per heavy atom. The van der Waals surface area contributed by atoms with Crippen molar-refractivity contribution >= 4 is 127 Å². The molecule has 0 spiro atoms. The molecule has 4 aromatic heterocycles. The van der Waals surface area contributed by atoms with E-state index >= 15 is 4.79 Å². The van der Waals surface area contributed by atoms with Crippen LogP contribution in [0.1, 0.15) is 94.4 Å². The van der Waals surface area contributed by atoms with Crippen LogP contribution in [0.25, 0.3) is 138 Å². The first-order valence-corrected chi connectivity index (χ1v) is 29.7. The van der Waals surface area contributed by atoms with Gasteiger partial charge in [-0.2, -0.15) is 0 Å². The van der Waals surface area contributed by atoms with E-state index in [9.17, 15) is 4.79 Å². The van der Waals surface area contributed by atoms with E-state index in [0.717, 1.165) is 148 Å². The Balaban J connectivity index is 1.01. The maximum Gasteiger partial charge on any atom is 0.197 e. The smallest absolute Gasteiger partial charge is 0.197 e. The lowest BCUT2D eigenvalue weighted by molar-refractivity contribution is 0.600. The Hall–Kier alpha value is -9.26. The van der Waals surface area contributed by atoms with Crippen LogP contribution in [-0.2, 0) is 13.1 Å². The van der Waals surface area contributed by atoms with Gasteiger partial charge in [-0.1, -0.05) is 191 Å². The third-order valence-electron chi connectivity index (χ3n) is 17.5. The van der Waals surface area contributed by atoms with Gasteiger partial charge < -0.3 is 18.3 Å². The second-order valence-corrected chi connectivity index (χ2v) is 22.6. The van der Waals surface area contributed by atoms with E-state index in [1.54, 1.807) is 0 Å². The Morgan fingerprint density at radius 2 is 0.817 bits per heavy atom. The molecule has 0 aliphatic carbocycles. The molecule has 82 heavy (non-hydrogen) atoms. The van der Waals surface area contributed by atoms with Gasteiger partial charge in [0.05, 0.1) is 55.5 Å². The molecule has 6 nitrogen and oxygen atoms in total. The van der Waals surface area contributed by atoms with Crippen molar-refractivity contribution in [3.8, 4) is 11.4 Å². The van der Waals surface area contributed by atoms with Crippen LogP contribution in [-0.4, -0.2) is 18.3 Å². The highest BCUT2D eigenvalue weighted by Crippen LogP contribution is 2.42. The van der Waals surface area contributed by atoms with Crippen molar-refractivity contribution in [2.24, 2.45) is 0 Å². The van der Waals surface area contributed by atoms with Gasteiger partial charge in [-0.3, -0.25) is 9.59 Å². The van der Waals surface area contributed by atoms with Gasteiger partial charge in [-0.25, -0.2) is 0 Å². The molecule has 0 N–H and O–H groups in total. The van der Waals surface area contributed by atoms with Crippen molar-refractivity contribution in [3.63, 3.8) is 0 Å². The van der Waals surface area contributed by atoms with E-state index < -0.39 is 0 Å². The molecule has 0 unspecified atom stereocenters. The largest absolute Gasteiger partial charge is 0.340 e. The summed E-state index contributed by atoms with van der Waals surface area (Å²) >= 11 is 0. The van der Waals surface area contributed by atoms with E-state index in [1.165, 1.54) is 43.1 Å². The maximum absolute atomic E-state index is 15.5. The predicted octanol–water partition coefficient (Wildman–Crippen LogP) is 19.8. The van der Waals surface area contributed by atoms with Gasteiger partial charge in [0.15, 0.2) is 10.9 Å². The van der Waals surface area contributed by atoms with Crippen LogP contribution in [0.4, 0.5) is 0 Å². The lowest BCUT2D eigenvalue weighted by Crippen LogP contribution is -2.16. The van der Waals surface area contributed by atoms with Crippen molar-refractivity contribution in [3.05, 3.63) is 231 Å². The molecular formula is C76H66N4O2. The highest BCUT2D eigenvalue weighted by molar-refractivity contribution is 6.23. The molecule has 6 heteroatoms. The molecule has 0 atom stereocenters. The number of hydrogen-bond acceptors (Lipinski definition) is 2. The zero-order valence-electron chi connectivity index (χ0n) is 47.3. The SMILES string of the molecule is C/C=C/c1cc(-n2c3ccccc3c3c4ccccc4ccc32)c(/C=C/c2ccc3c(c2)c(=O)c2cc4c(cc2n3CCCCCC)c(=O)c2cc(C)ccc2n4CCCCCC)cc1-n1c2ccccc2c2c3ccccc3ccc21. The number of para-hydroxylation sites is 2. The Labute approximate surface area is 477 Å². The van der Waals surface area contributed by atoms with E-state index in [2.05, 4.69) is 234 Å². The number of benzene rings is 10. The number of pyridine rings is 2. The first-order valence-electron chi connectivity index (χ1n) is 29.7. The number of unbranched alkanes of at least 4 members (excludes halogenated alkanes) is 6. The van der Waals surface area contributed by atoms with Crippen LogP contribution in [0, 0.1) is 6.92 Å². The summed E-state index contributed by atoms with van der Waals surface area (Å²) < 4.78 is 9.54. The van der Waals surface area contributed by atoms with Crippen LogP contribution < -0.4 is 10.9 Å². The van der Waals surface area contributed by atoms with Crippen molar-refractivity contribution in [1.29, 1.82) is 0 Å². The lowest BCUT2D eigenvalue weighted by Gasteiger charge is -2.19. The molecule has 0 saturated heterocycles. The normalized spacial score (nSPS) is 12.4. The standard InChI is InChI=1S/C76H66N4O2/c1-5-8-10-20-41-77-63-37-31-49(4)43-59(63)75(81)61-47-72-62(48-71(61)77)76(82)60-44-50(33-38-64(60)78(72)42-21-11-9-6-2)32-34-54-46-69(79-65-29-18-16-27-57(65)73-55-25-14-12-23-51(55)35-39-67(73)79)53(22-7-3)45-70(54)80-66-30-19-17-28-58(66)74-56-26-15-13-24-52(56)36-40-68(74)80/h7,12-19,22-40,43-48H,5-6,8-11,20-21,41-42H2,1-4H3/b22-7+,34-32+. The summed E-state index contributed by atoms with van der Waals surface area (Å²) in [6, 6.07) is 65.6. The number of aryl methyl sites for hydroxylation is 3. The van der Waals surface area contributed by atoms with Crippen molar-refractivity contribution in [1.82, 2.24) is 18.3 Å². The first-order chi connectivity index (χ1) is 40.3. The summed E-state index contributed by atoms with van der Waals surface area (Å²) in [5, 5.41) is 12.5. The monoisotopic (exact) mass is 1070 g/mol. The van der Waals surface area contributed by atoms with E-state index in [1.807, 2.05) is 18.2 Å². The Bertz CT molecular complexity index is 5100. The second kappa shape index (κ2) is 21.0. The van der Waals surface area contributed by atoms with Crippen molar-refractivity contribution in [2.45, 2.75) is 92.2 Å². The molecule has 4 heterocycles. The second-order valence-electron chi connectivity index (χ2n) is 22.6. The van der Waals surface area contributed by atoms with Crippen molar-refractivity contribution in [2.75, 3.05) is 0 Å². The average Bonchev–Trinajstić information content (AvgIpc) is 4.19. The van der Waals surface area contributed by atoms with Gasteiger partial charge in [0.1, 0.15) is 0 Å². The number of hydrogen-bond donors (Lipinski definition) is 0. The quantitative estimate of drug-likeness (QED) is 0.0584. The minimum Gasteiger partial charge on any atom is -0.340 e. The maximum atomic E-state index is 15.5. The average molecular weight is 1070 g/mol. The van der Waals surface area contributed by atoms with Gasteiger partial charge >= 0.3 is 0 Å². The summed E-state index contributed by atoms with van der Waals surface area (Å²) in [4.78, 5) is 30.1. The van der Waals surface area contributed by atoms with Crippen LogP contribution in [0.2, 0.25) is 0 Å². The summed E-state index contributed by atoms with van der Waals surface area (Å²) in [6.45, 7) is 10.1.